The minimum atomic E-state index is -4.52. The molecule has 0 saturated carbocycles. The number of nitriles is 1. The number of halogens is 3. The molecular weight excluding hydrogens is 247 g/mol. The zero-order valence-electron chi connectivity index (χ0n) is 9.44. The maximum Gasteiger partial charge on any atom is 0.416 e. The van der Waals surface area contributed by atoms with Crippen LogP contribution in [0.15, 0.2) is 24.3 Å². The zero-order valence-corrected chi connectivity index (χ0v) is 9.44. The minimum Gasteiger partial charge on any atom is -0.396 e. The van der Waals surface area contributed by atoms with Crippen molar-refractivity contribution in [1.82, 2.24) is 0 Å². The van der Waals surface area contributed by atoms with Gasteiger partial charge in [0, 0.05) is 12.2 Å². The summed E-state index contributed by atoms with van der Waals surface area (Å²) < 4.78 is 43.2. The van der Waals surface area contributed by atoms with Gasteiger partial charge in [0.15, 0.2) is 6.10 Å². The van der Waals surface area contributed by atoms with E-state index in [2.05, 4.69) is 0 Å². The number of hydrogen-bond acceptors (Lipinski definition) is 3. The molecule has 1 rings (SSSR count). The standard InChI is InChI=1S/C12H12F3NO2/c13-12(14,15)10-5-2-1-4-9(10)11(8-16)18-7-3-6-17/h1-2,4-5,11,17H,3,6-7H2. The van der Waals surface area contributed by atoms with Crippen LogP contribution in [0.3, 0.4) is 0 Å². The minimum absolute atomic E-state index is 0.0287. The lowest BCUT2D eigenvalue weighted by Crippen LogP contribution is -2.13. The molecule has 0 aliphatic heterocycles. The van der Waals surface area contributed by atoms with Crippen molar-refractivity contribution < 1.29 is 23.0 Å². The maximum absolute atomic E-state index is 12.7. The second kappa shape index (κ2) is 6.38. The van der Waals surface area contributed by atoms with Gasteiger partial charge in [-0.2, -0.15) is 18.4 Å². The highest BCUT2D eigenvalue weighted by molar-refractivity contribution is 5.34. The molecule has 0 saturated heterocycles. The molecule has 1 unspecified atom stereocenters. The van der Waals surface area contributed by atoms with Crippen LogP contribution in [0.4, 0.5) is 13.2 Å². The molecule has 1 aromatic rings. The summed E-state index contributed by atoms with van der Waals surface area (Å²) in [5.74, 6) is 0. The SMILES string of the molecule is N#CC(OCCCO)c1ccccc1C(F)(F)F. The Morgan fingerprint density at radius 1 is 1.33 bits per heavy atom. The van der Waals surface area contributed by atoms with Crippen LogP contribution in [0.5, 0.6) is 0 Å². The highest BCUT2D eigenvalue weighted by atomic mass is 19.4. The first-order valence-corrected chi connectivity index (χ1v) is 5.29. The summed E-state index contributed by atoms with van der Waals surface area (Å²) in [6.07, 6.45) is -5.53. The monoisotopic (exact) mass is 259 g/mol. The molecule has 18 heavy (non-hydrogen) atoms. The molecule has 0 radical (unpaired) electrons. The first-order chi connectivity index (χ1) is 8.50. The van der Waals surface area contributed by atoms with Gasteiger partial charge in [0.25, 0.3) is 0 Å². The third-order valence-electron chi connectivity index (χ3n) is 2.25. The van der Waals surface area contributed by atoms with E-state index in [4.69, 9.17) is 15.1 Å². The van der Waals surface area contributed by atoms with Crippen molar-refractivity contribution in [3.8, 4) is 6.07 Å². The van der Waals surface area contributed by atoms with Crippen molar-refractivity contribution >= 4 is 0 Å². The summed E-state index contributed by atoms with van der Waals surface area (Å²) in [4.78, 5) is 0. The maximum atomic E-state index is 12.7. The Bertz CT molecular complexity index is 426. The van der Waals surface area contributed by atoms with Gasteiger partial charge in [-0.3, -0.25) is 0 Å². The topological polar surface area (TPSA) is 53.2 Å². The van der Waals surface area contributed by atoms with E-state index in [0.29, 0.717) is 0 Å². The normalized spacial score (nSPS) is 13.1. The first-order valence-electron chi connectivity index (χ1n) is 5.29. The van der Waals surface area contributed by atoms with Crippen LogP contribution in [0.1, 0.15) is 23.7 Å². The third-order valence-corrected chi connectivity index (χ3v) is 2.25. The van der Waals surface area contributed by atoms with Crippen LogP contribution in [-0.4, -0.2) is 18.3 Å². The van der Waals surface area contributed by atoms with Gasteiger partial charge in [0.2, 0.25) is 0 Å². The van der Waals surface area contributed by atoms with Gasteiger partial charge in [-0.15, -0.1) is 0 Å². The van der Waals surface area contributed by atoms with Gasteiger partial charge in [0.1, 0.15) is 0 Å². The Labute approximate surface area is 102 Å². The second-order valence-electron chi connectivity index (χ2n) is 3.54. The fourth-order valence-electron chi connectivity index (χ4n) is 1.45. The number of hydrogen-bond donors (Lipinski definition) is 1. The van der Waals surface area contributed by atoms with Crippen molar-refractivity contribution in [2.45, 2.75) is 18.7 Å². The van der Waals surface area contributed by atoms with Crippen LogP contribution in [0.25, 0.3) is 0 Å². The quantitative estimate of drug-likeness (QED) is 0.827. The summed E-state index contributed by atoms with van der Waals surface area (Å²) in [6.45, 7) is -0.111. The Balaban J connectivity index is 2.96. The van der Waals surface area contributed by atoms with Crippen molar-refractivity contribution in [3.05, 3.63) is 35.4 Å². The molecule has 1 N–H and O–H groups in total. The molecule has 1 aromatic carbocycles. The predicted molar refractivity (Wildman–Crippen MR) is 57.5 cm³/mol. The molecule has 3 nitrogen and oxygen atoms in total. The molecular formula is C12H12F3NO2. The van der Waals surface area contributed by atoms with Gasteiger partial charge in [-0.25, -0.2) is 0 Å². The molecule has 0 aliphatic carbocycles. The summed E-state index contributed by atoms with van der Waals surface area (Å²) in [6, 6.07) is 6.49. The van der Waals surface area contributed by atoms with E-state index in [0.717, 1.165) is 6.07 Å². The largest absolute Gasteiger partial charge is 0.416 e. The van der Waals surface area contributed by atoms with E-state index in [1.54, 1.807) is 6.07 Å². The van der Waals surface area contributed by atoms with Gasteiger partial charge in [-0.05, 0) is 12.5 Å². The van der Waals surface area contributed by atoms with E-state index in [-0.39, 0.29) is 25.2 Å². The zero-order chi connectivity index (χ0) is 13.6. The smallest absolute Gasteiger partial charge is 0.396 e. The summed E-state index contributed by atoms with van der Waals surface area (Å²) in [5, 5.41) is 17.4. The number of nitrogens with zero attached hydrogens (tertiary/aromatic N) is 1. The summed E-state index contributed by atoms with van der Waals surface area (Å²) in [7, 11) is 0. The van der Waals surface area contributed by atoms with Crippen LogP contribution >= 0.6 is 0 Å². The third kappa shape index (κ3) is 3.72. The second-order valence-corrected chi connectivity index (χ2v) is 3.54. The van der Waals surface area contributed by atoms with Gasteiger partial charge < -0.3 is 9.84 Å². The number of ether oxygens (including phenoxy) is 1. The Hall–Kier alpha value is -1.58. The fraction of sp³-hybridized carbons (Fsp3) is 0.417. The molecule has 0 heterocycles. The molecule has 0 amide bonds. The number of benzene rings is 1. The molecule has 0 spiro atoms. The lowest BCUT2D eigenvalue weighted by atomic mass is 10.0. The molecule has 0 fully saturated rings. The van der Waals surface area contributed by atoms with Gasteiger partial charge >= 0.3 is 6.18 Å². The summed E-state index contributed by atoms with van der Waals surface area (Å²) >= 11 is 0. The predicted octanol–water partition coefficient (Wildman–Crippen LogP) is 2.67. The lowest BCUT2D eigenvalue weighted by Gasteiger charge is -2.16. The van der Waals surface area contributed by atoms with Crippen molar-refractivity contribution in [1.29, 1.82) is 5.26 Å². The Morgan fingerprint density at radius 3 is 2.56 bits per heavy atom. The Morgan fingerprint density at radius 2 is 2.00 bits per heavy atom. The molecule has 1 atom stereocenters. The molecule has 0 aromatic heterocycles. The van der Waals surface area contributed by atoms with Gasteiger partial charge in [0.05, 0.1) is 18.2 Å². The van der Waals surface area contributed by atoms with E-state index in [1.807, 2.05) is 0 Å². The van der Waals surface area contributed by atoms with Crippen molar-refractivity contribution in [2.75, 3.05) is 13.2 Å². The van der Waals surface area contributed by atoms with Crippen LogP contribution in [0, 0.1) is 11.3 Å². The average Bonchev–Trinajstić information content (AvgIpc) is 2.34. The summed E-state index contributed by atoms with van der Waals surface area (Å²) in [5.41, 5.74) is -1.08. The van der Waals surface area contributed by atoms with E-state index in [1.165, 1.54) is 18.2 Å². The average molecular weight is 259 g/mol. The van der Waals surface area contributed by atoms with Crippen LogP contribution < -0.4 is 0 Å². The Kier molecular flexibility index (Phi) is 5.13. The van der Waals surface area contributed by atoms with Crippen LogP contribution in [-0.2, 0) is 10.9 Å². The van der Waals surface area contributed by atoms with E-state index >= 15 is 0 Å². The van der Waals surface area contributed by atoms with Crippen molar-refractivity contribution in [2.24, 2.45) is 0 Å². The van der Waals surface area contributed by atoms with E-state index in [9.17, 15) is 13.2 Å². The number of aliphatic hydroxyl groups excluding tert-OH is 1. The van der Waals surface area contributed by atoms with E-state index < -0.39 is 17.8 Å². The lowest BCUT2D eigenvalue weighted by molar-refractivity contribution is -0.139. The molecule has 6 heteroatoms. The first kappa shape index (κ1) is 14.5. The fourth-order valence-corrected chi connectivity index (χ4v) is 1.45. The number of rotatable bonds is 5. The highest BCUT2D eigenvalue weighted by Gasteiger charge is 2.35. The van der Waals surface area contributed by atoms with Gasteiger partial charge in [-0.1, -0.05) is 18.2 Å². The molecule has 0 bridgehead atoms. The number of alkyl halides is 3. The van der Waals surface area contributed by atoms with Crippen LogP contribution in [0.2, 0.25) is 0 Å². The highest BCUT2D eigenvalue weighted by Crippen LogP contribution is 2.35. The molecule has 0 aliphatic rings. The number of aliphatic hydroxyl groups is 1. The van der Waals surface area contributed by atoms with Crippen molar-refractivity contribution in [3.63, 3.8) is 0 Å². The molecule has 98 valence electrons.